The van der Waals surface area contributed by atoms with Gasteiger partial charge in [-0.25, -0.2) is 4.79 Å². The third-order valence-electron chi connectivity index (χ3n) is 7.94. The first-order valence-corrected chi connectivity index (χ1v) is 14.7. The Kier molecular flexibility index (Phi) is 9.19. The third kappa shape index (κ3) is 7.86. The van der Waals surface area contributed by atoms with Crippen LogP contribution in [-0.4, -0.2) is 36.8 Å². The van der Waals surface area contributed by atoms with Gasteiger partial charge in [0.2, 0.25) is 0 Å². The first kappa shape index (κ1) is 31.4. The molecule has 0 radical (unpaired) electrons. The normalized spacial score (nSPS) is 22.8. The lowest BCUT2D eigenvalue weighted by Gasteiger charge is -2.44. The number of alkyl halides is 3. The molecule has 1 saturated carbocycles. The summed E-state index contributed by atoms with van der Waals surface area (Å²) in [4.78, 5) is 12.8. The van der Waals surface area contributed by atoms with Crippen molar-refractivity contribution >= 4 is 16.9 Å². The lowest BCUT2D eigenvalue weighted by molar-refractivity contribution is -0.272. The average Bonchev–Trinajstić information content (AvgIpc) is 2.87. The minimum atomic E-state index is -4.61. The van der Waals surface area contributed by atoms with Crippen molar-refractivity contribution in [2.75, 3.05) is 13.2 Å². The molecule has 0 bridgehead atoms. The number of rotatable bonds is 7. The van der Waals surface area contributed by atoms with Crippen molar-refractivity contribution in [2.24, 2.45) is 5.92 Å². The van der Waals surface area contributed by atoms with Crippen LogP contribution in [0.4, 0.5) is 18.0 Å². The standard InChI is InChI=1S/C32H44F3NO5/c1-7-8-9-21-10-14-24(15-11-21)40-26-17-12-22-18-23(13-16-25(22)27(26)32(33,34)35)31(19-38-30(5,6)39-20-31)36-28(37)41-29(2,3)4/h12-13,16-18,21,24H,7-11,14-15,19-20H2,1-6H3,(H,36,37). The summed E-state index contributed by atoms with van der Waals surface area (Å²) >= 11 is 0. The van der Waals surface area contributed by atoms with Gasteiger partial charge in [-0.2, -0.15) is 13.2 Å². The van der Waals surface area contributed by atoms with Crippen LogP contribution < -0.4 is 10.1 Å². The van der Waals surface area contributed by atoms with E-state index >= 15 is 0 Å². The van der Waals surface area contributed by atoms with Crippen LogP contribution in [0.15, 0.2) is 30.3 Å². The van der Waals surface area contributed by atoms with Crippen LogP contribution in [0, 0.1) is 5.92 Å². The molecule has 228 valence electrons. The van der Waals surface area contributed by atoms with Gasteiger partial charge in [0.25, 0.3) is 0 Å². The summed E-state index contributed by atoms with van der Waals surface area (Å²) in [5, 5.41) is 3.29. The highest BCUT2D eigenvalue weighted by Gasteiger charge is 2.44. The van der Waals surface area contributed by atoms with Gasteiger partial charge in [0.05, 0.1) is 19.3 Å². The third-order valence-corrected chi connectivity index (χ3v) is 7.94. The number of carbonyl (C=O) groups is 1. The molecular formula is C32H44F3NO5. The number of ether oxygens (including phenoxy) is 4. The van der Waals surface area contributed by atoms with Gasteiger partial charge in [-0.3, -0.25) is 0 Å². The van der Waals surface area contributed by atoms with Gasteiger partial charge in [-0.05, 0) is 94.7 Å². The lowest BCUT2D eigenvalue weighted by atomic mass is 9.84. The molecule has 4 rings (SSSR count). The van der Waals surface area contributed by atoms with Crippen LogP contribution in [0.3, 0.4) is 0 Å². The summed E-state index contributed by atoms with van der Waals surface area (Å²) in [6, 6.07) is 7.74. The Bertz CT molecular complexity index is 1200. The van der Waals surface area contributed by atoms with Gasteiger partial charge in [0.1, 0.15) is 22.5 Å². The highest BCUT2D eigenvalue weighted by Crippen LogP contribution is 2.44. The van der Waals surface area contributed by atoms with Gasteiger partial charge in [-0.15, -0.1) is 0 Å². The molecule has 1 amide bonds. The summed E-state index contributed by atoms with van der Waals surface area (Å²) < 4.78 is 66.8. The molecule has 0 spiro atoms. The minimum Gasteiger partial charge on any atom is -0.490 e. The van der Waals surface area contributed by atoms with Crippen LogP contribution >= 0.6 is 0 Å². The number of hydrogen-bond donors (Lipinski definition) is 1. The van der Waals surface area contributed by atoms with Crippen LogP contribution in [0.5, 0.6) is 5.75 Å². The van der Waals surface area contributed by atoms with Crippen molar-refractivity contribution in [3.05, 3.63) is 41.5 Å². The van der Waals surface area contributed by atoms with Gasteiger partial charge in [0.15, 0.2) is 5.79 Å². The number of hydrogen-bond acceptors (Lipinski definition) is 5. The van der Waals surface area contributed by atoms with Crippen LogP contribution in [-0.2, 0) is 25.9 Å². The topological polar surface area (TPSA) is 66.0 Å². The van der Waals surface area contributed by atoms with Gasteiger partial charge >= 0.3 is 12.3 Å². The molecule has 1 aliphatic carbocycles. The molecule has 2 aromatic rings. The minimum absolute atomic E-state index is 0.0424. The highest BCUT2D eigenvalue weighted by molar-refractivity contribution is 5.89. The largest absolute Gasteiger partial charge is 0.490 e. The quantitative estimate of drug-likeness (QED) is 0.356. The molecule has 41 heavy (non-hydrogen) atoms. The molecule has 6 nitrogen and oxygen atoms in total. The molecule has 2 aromatic carbocycles. The molecule has 0 aromatic heterocycles. The molecule has 1 aliphatic heterocycles. The number of nitrogens with one attached hydrogen (secondary N) is 1. The predicted molar refractivity (Wildman–Crippen MR) is 152 cm³/mol. The van der Waals surface area contributed by atoms with E-state index in [2.05, 4.69) is 12.2 Å². The zero-order valence-electron chi connectivity index (χ0n) is 25.1. The van der Waals surface area contributed by atoms with Crippen molar-refractivity contribution in [2.45, 2.75) is 116 Å². The molecule has 9 heteroatoms. The first-order chi connectivity index (χ1) is 19.1. The van der Waals surface area contributed by atoms with Crippen LogP contribution in [0.25, 0.3) is 10.8 Å². The van der Waals surface area contributed by atoms with E-state index in [1.54, 1.807) is 52.8 Å². The maximum atomic E-state index is 14.5. The summed E-state index contributed by atoms with van der Waals surface area (Å²) in [5.74, 6) is -0.380. The van der Waals surface area contributed by atoms with E-state index in [1.807, 2.05) is 0 Å². The molecule has 0 atom stereocenters. The number of amides is 1. The Labute approximate surface area is 241 Å². The maximum absolute atomic E-state index is 14.5. The Hall–Kier alpha value is -2.52. The fourth-order valence-electron chi connectivity index (χ4n) is 5.70. The molecule has 1 saturated heterocycles. The highest BCUT2D eigenvalue weighted by atomic mass is 19.4. The number of unbranched alkanes of at least 4 members (excludes halogenated alkanes) is 1. The zero-order valence-corrected chi connectivity index (χ0v) is 25.1. The van der Waals surface area contributed by atoms with Crippen molar-refractivity contribution in [3.63, 3.8) is 0 Å². The number of carbonyl (C=O) groups excluding carboxylic acids is 1. The summed E-state index contributed by atoms with van der Waals surface area (Å²) in [6.07, 6.45) is 1.49. The van der Waals surface area contributed by atoms with Crippen molar-refractivity contribution < 1.29 is 36.9 Å². The van der Waals surface area contributed by atoms with Gasteiger partial charge in [0, 0.05) is 0 Å². The van der Waals surface area contributed by atoms with E-state index in [4.69, 9.17) is 18.9 Å². The number of fused-ring (bicyclic) bond motifs is 1. The van der Waals surface area contributed by atoms with Crippen LogP contribution in [0.2, 0.25) is 0 Å². The molecule has 1 heterocycles. The lowest BCUT2D eigenvalue weighted by Crippen LogP contribution is -2.59. The number of benzene rings is 2. The van der Waals surface area contributed by atoms with Gasteiger partial charge < -0.3 is 24.3 Å². The second kappa shape index (κ2) is 12.0. The zero-order chi connectivity index (χ0) is 30.1. The Morgan fingerprint density at radius 1 is 1.02 bits per heavy atom. The van der Waals surface area contributed by atoms with E-state index in [1.165, 1.54) is 25.0 Å². The fraction of sp³-hybridized carbons (Fsp3) is 0.656. The van der Waals surface area contributed by atoms with Crippen molar-refractivity contribution in [1.82, 2.24) is 5.32 Å². The molecule has 1 N–H and O–H groups in total. The van der Waals surface area contributed by atoms with Crippen molar-refractivity contribution in [3.8, 4) is 5.75 Å². The van der Waals surface area contributed by atoms with E-state index < -0.39 is 34.8 Å². The second-order valence-electron chi connectivity index (χ2n) is 13.0. The average molecular weight is 580 g/mol. The predicted octanol–water partition coefficient (Wildman–Crippen LogP) is 8.49. The number of halogens is 3. The van der Waals surface area contributed by atoms with Gasteiger partial charge in [-0.1, -0.05) is 44.4 Å². The Morgan fingerprint density at radius 2 is 1.68 bits per heavy atom. The summed E-state index contributed by atoms with van der Waals surface area (Å²) in [5.41, 5.74) is -2.12. The monoisotopic (exact) mass is 579 g/mol. The number of alkyl carbamates (subject to hydrolysis) is 1. The second-order valence-corrected chi connectivity index (χ2v) is 13.0. The molecule has 0 unspecified atom stereocenters. The maximum Gasteiger partial charge on any atom is 0.420 e. The molecular weight excluding hydrogens is 535 g/mol. The Morgan fingerprint density at radius 3 is 2.27 bits per heavy atom. The fourth-order valence-corrected chi connectivity index (χ4v) is 5.70. The van der Waals surface area contributed by atoms with E-state index in [9.17, 15) is 18.0 Å². The SMILES string of the molecule is CCCCC1CCC(Oc2ccc3cc(C4(NC(=O)OC(C)(C)C)COC(C)(C)OC4)ccc3c2C(F)(F)F)CC1. The summed E-state index contributed by atoms with van der Waals surface area (Å²) in [6.45, 7) is 11.1. The molecule has 2 aliphatic rings. The van der Waals surface area contributed by atoms with E-state index in [0.717, 1.165) is 32.1 Å². The Balaban J connectivity index is 1.64. The smallest absolute Gasteiger partial charge is 0.420 e. The van der Waals surface area contributed by atoms with Crippen molar-refractivity contribution in [1.29, 1.82) is 0 Å². The summed E-state index contributed by atoms with van der Waals surface area (Å²) in [7, 11) is 0. The molecule has 2 fully saturated rings. The van der Waals surface area contributed by atoms with E-state index in [-0.39, 0.29) is 30.5 Å². The van der Waals surface area contributed by atoms with E-state index in [0.29, 0.717) is 16.9 Å². The van der Waals surface area contributed by atoms with Crippen LogP contribution in [0.1, 0.15) is 97.6 Å². The first-order valence-electron chi connectivity index (χ1n) is 14.7.